The number of nitro benzene ring substituents is 1. The van der Waals surface area contributed by atoms with Gasteiger partial charge in [-0.05, 0) is 40.9 Å². The van der Waals surface area contributed by atoms with E-state index < -0.39 is 29.2 Å². The van der Waals surface area contributed by atoms with Crippen molar-refractivity contribution in [2.45, 2.75) is 31.5 Å². The Morgan fingerprint density at radius 1 is 1.26 bits per heavy atom. The molecule has 1 saturated carbocycles. The van der Waals surface area contributed by atoms with Gasteiger partial charge in [0.2, 0.25) is 5.91 Å². The molecule has 1 aromatic heterocycles. The Labute approximate surface area is 205 Å². The molecule has 4 rings (SSSR count). The molecule has 9 nitrogen and oxygen atoms in total. The largest absolute Gasteiger partial charge is 0.493 e. The predicted molar refractivity (Wildman–Crippen MR) is 122 cm³/mol. The lowest BCUT2D eigenvalue weighted by Crippen LogP contribution is -2.21. The van der Waals surface area contributed by atoms with Gasteiger partial charge in [-0.15, -0.1) is 0 Å². The number of aromatic nitrogens is 2. The maximum atomic E-state index is 13.3. The fraction of sp³-hybridized carbons (Fsp3) is 0.273. The molecule has 0 unspecified atom stereocenters. The van der Waals surface area contributed by atoms with Gasteiger partial charge in [0.1, 0.15) is 12.3 Å². The Balaban J connectivity index is 1.58. The minimum Gasteiger partial charge on any atom is -0.493 e. The monoisotopic (exact) mass is 554 g/mol. The first-order chi connectivity index (χ1) is 16.6. The molecule has 13 heteroatoms. The van der Waals surface area contributed by atoms with E-state index in [1.807, 2.05) is 0 Å². The van der Waals surface area contributed by atoms with Crippen LogP contribution < -0.4 is 14.8 Å². The van der Waals surface area contributed by atoms with E-state index in [-0.39, 0.29) is 27.5 Å². The average Bonchev–Trinajstić information content (AvgIpc) is 3.56. The number of nitrogens with one attached hydrogen (secondary N) is 1. The molecule has 1 aliphatic carbocycles. The summed E-state index contributed by atoms with van der Waals surface area (Å²) in [6.07, 6.45) is -3.30. The van der Waals surface area contributed by atoms with Gasteiger partial charge < -0.3 is 14.8 Å². The van der Waals surface area contributed by atoms with Crippen molar-refractivity contribution < 1.29 is 32.4 Å². The number of para-hydroxylation sites is 2. The van der Waals surface area contributed by atoms with Gasteiger partial charge in [0, 0.05) is 18.1 Å². The number of hydrogen-bond donors (Lipinski definition) is 1. The van der Waals surface area contributed by atoms with Crippen LogP contribution in [-0.4, -0.2) is 27.7 Å². The van der Waals surface area contributed by atoms with Crippen molar-refractivity contribution in [2.75, 3.05) is 12.4 Å². The molecule has 0 saturated heterocycles. The number of halogens is 4. The van der Waals surface area contributed by atoms with Crippen LogP contribution in [0.2, 0.25) is 0 Å². The van der Waals surface area contributed by atoms with E-state index in [0.717, 1.165) is 10.7 Å². The number of amides is 1. The number of carbonyl (C=O) groups is 1. The van der Waals surface area contributed by atoms with Crippen LogP contribution in [0.5, 0.6) is 17.2 Å². The van der Waals surface area contributed by atoms with E-state index in [2.05, 4.69) is 26.3 Å². The van der Waals surface area contributed by atoms with Gasteiger partial charge in [-0.3, -0.25) is 19.6 Å². The summed E-state index contributed by atoms with van der Waals surface area (Å²) in [6, 6.07) is 10.3. The fourth-order valence-electron chi connectivity index (χ4n) is 3.49. The molecule has 1 heterocycles. The van der Waals surface area contributed by atoms with Crippen molar-refractivity contribution in [2.24, 2.45) is 0 Å². The van der Waals surface area contributed by atoms with E-state index in [4.69, 9.17) is 9.47 Å². The third-order valence-corrected chi connectivity index (χ3v) is 5.92. The molecule has 1 fully saturated rings. The van der Waals surface area contributed by atoms with Crippen molar-refractivity contribution in [3.8, 4) is 17.2 Å². The SMILES string of the molecule is COc1ccccc1Oc1cc(NC(=O)Cn2nc(C(F)(F)F)c(Br)c2C2CC2)cc([N+](=O)[O-])c1. The maximum Gasteiger partial charge on any atom is 0.436 e. The molecule has 0 radical (unpaired) electrons. The van der Waals surface area contributed by atoms with Crippen LogP contribution in [0.1, 0.15) is 30.1 Å². The Hall–Kier alpha value is -3.61. The summed E-state index contributed by atoms with van der Waals surface area (Å²) < 4.78 is 51.7. The van der Waals surface area contributed by atoms with E-state index in [9.17, 15) is 28.1 Å². The minimum atomic E-state index is -4.69. The van der Waals surface area contributed by atoms with Crippen molar-refractivity contribution in [1.82, 2.24) is 9.78 Å². The second-order valence-corrected chi connectivity index (χ2v) is 8.54. The number of nitro groups is 1. The molecule has 0 bridgehead atoms. The first kappa shape index (κ1) is 24.5. The molecule has 35 heavy (non-hydrogen) atoms. The van der Waals surface area contributed by atoms with Gasteiger partial charge in [-0.1, -0.05) is 12.1 Å². The highest BCUT2D eigenvalue weighted by atomic mass is 79.9. The number of ether oxygens (including phenoxy) is 2. The van der Waals surface area contributed by atoms with Gasteiger partial charge in [-0.25, -0.2) is 0 Å². The molecule has 0 spiro atoms. The number of anilines is 1. The summed E-state index contributed by atoms with van der Waals surface area (Å²) in [5, 5.41) is 17.5. The first-order valence-corrected chi connectivity index (χ1v) is 11.1. The standard InChI is InChI=1S/C22H18BrF3N4O5/c1-34-16-4-2-3-5-17(16)35-15-9-13(8-14(10-15)30(32)33)27-18(31)11-29-20(12-6-7-12)19(23)21(28-29)22(24,25)26/h2-5,8-10,12H,6-7,11H2,1H3,(H,27,31). The van der Waals surface area contributed by atoms with Crippen LogP contribution in [-0.2, 0) is 17.5 Å². The zero-order valence-electron chi connectivity index (χ0n) is 18.1. The van der Waals surface area contributed by atoms with E-state index in [0.29, 0.717) is 30.0 Å². The molecule has 184 valence electrons. The predicted octanol–water partition coefficient (Wildman–Crippen LogP) is 5.89. The van der Waals surface area contributed by atoms with Crippen molar-refractivity contribution >= 4 is 33.2 Å². The van der Waals surface area contributed by atoms with Crippen LogP contribution in [0.15, 0.2) is 46.9 Å². The lowest BCUT2D eigenvalue weighted by molar-refractivity contribution is -0.384. The average molecular weight is 555 g/mol. The number of methoxy groups -OCH3 is 1. The van der Waals surface area contributed by atoms with Crippen LogP contribution in [0.25, 0.3) is 0 Å². The van der Waals surface area contributed by atoms with Gasteiger partial charge in [0.05, 0.1) is 34.0 Å². The first-order valence-electron chi connectivity index (χ1n) is 10.3. The van der Waals surface area contributed by atoms with Gasteiger partial charge in [-0.2, -0.15) is 18.3 Å². The second kappa shape index (κ2) is 9.56. The minimum absolute atomic E-state index is 0.0318. The van der Waals surface area contributed by atoms with Crippen molar-refractivity contribution in [3.63, 3.8) is 0 Å². The zero-order chi connectivity index (χ0) is 25.3. The highest BCUT2D eigenvalue weighted by molar-refractivity contribution is 9.10. The fourth-order valence-corrected chi connectivity index (χ4v) is 4.32. The van der Waals surface area contributed by atoms with Gasteiger partial charge in [0.25, 0.3) is 5.69 Å². The van der Waals surface area contributed by atoms with Crippen molar-refractivity contribution in [3.05, 3.63) is 68.4 Å². The Bertz CT molecular complexity index is 1290. The third-order valence-electron chi connectivity index (χ3n) is 5.14. The number of nitrogens with zero attached hydrogens (tertiary/aromatic N) is 3. The number of alkyl halides is 3. The molecular formula is C22H18BrF3N4O5. The Kier molecular flexibility index (Phi) is 6.70. The van der Waals surface area contributed by atoms with Crippen LogP contribution in [0, 0.1) is 10.1 Å². The van der Waals surface area contributed by atoms with Crippen molar-refractivity contribution in [1.29, 1.82) is 0 Å². The molecule has 1 aliphatic rings. The lowest BCUT2D eigenvalue weighted by atomic mass is 10.2. The molecule has 2 aromatic carbocycles. The molecule has 0 aliphatic heterocycles. The topological polar surface area (TPSA) is 109 Å². The smallest absolute Gasteiger partial charge is 0.436 e. The van der Waals surface area contributed by atoms with Gasteiger partial charge >= 0.3 is 6.18 Å². The number of non-ortho nitro benzene ring substituents is 1. The number of carbonyl (C=O) groups excluding carboxylic acids is 1. The number of rotatable bonds is 8. The molecular weight excluding hydrogens is 537 g/mol. The molecule has 1 N–H and O–H groups in total. The Morgan fingerprint density at radius 3 is 2.54 bits per heavy atom. The zero-order valence-corrected chi connectivity index (χ0v) is 19.7. The quantitative estimate of drug-likeness (QED) is 0.274. The number of hydrogen-bond acceptors (Lipinski definition) is 6. The lowest BCUT2D eigenvalue weighted by Gasteiger charge is -2.12. The summed E-state index contributed by atoms with van der Waals surface area (Å²) >= 11 is 2.98. The van der Waals surface area contributed by atoms with Crippen LogP contribution in [0.3, 0.4) is 0 Å². The summed E-state index contributed by atoms with van der Waals surface area (Å²) in [5.74, 6) is -0.0949. The molecule has 0 atom stereocenters. The van der Waals surface area contributed by atoms with Gasteiger partial charge in [0.15, 0.2) is 17.2 Å². The highest BCUT2D eigenvalue weighted by Gasteiger charge is 2.42. The second-order valence-electron chi connectivity index (χ2n) is 7.75. The van der Waals surface area contributed by atoms with E-state index >= 15 is 0 Å². The maximum absolute atomic E-state index is 13.3. The summed E-state index contributed by atoms with van der Waals surface area (Å²) in [4.78, 5) is 23.4. The summed E-state index contributed by atoms with van der Waals surface area (Å²) in [5.41, 5.74) is -1.13. The summed E-state index contributed by atoms with van der Waals surface area (Å²) in [7, 11) is 1.44. The molecule has 3 aromatic rings. The molecule has 1 amide bonds. The van der Waals surface area contributed by atoms with Crippen LogP contribution in [0.4, 0.5) is 24.5 Å². The Morgan fingerprint density at radius 2 is 1.94 bits per heavy atom. The van der Waals surface area contributed by atoms with E-state index in [1.165, 1.54) is 19.2 Å². The third kappa shape index (κ3) is 5.56. The highest BCUT2D eigenvalue weighted by Crippen LogP contribution is 2.47. The normalized spacial score (nSPS) is 13.4. The van der Waals surface area contributed by atoms with Crippen LogP contribution >= 0.6 is 15.9 Å². The number of benzene rings is 2. The summed E-state index contributed by atoms with van der Waals surface area (Å²) in [6.45, 7) is -0.508. The van der Waals surface area contributed by atoms with E-state index in [1.54, 1.807) is 24.3 Å².